The number of hydrogen-bond acceptors (Lipinski definition) is 5. The van der Waals surface area contributed by atoms with Crippen LogP contribution in [0.1, 0.15) is 47.7 Å². The summed E-state index contributed by atoms with van der Waals surface area (Å²) in [5.74, 6) is -0.334. The molecule has 0 spiro atoms. The molecule has 29 heavy (non-hydrogen) atoms. The molecule has 0 saturated heterocycles. The number of nitrogens with zero attached hydrogens (tertiary/aromatic N) is 2. The normalized spacial score (nSPS) is 14.1. The zero-order valence-electron chi connectivity index (χ0n) is 16.3. The van der Waals surface area contributed by atoms with Gasteiger partial charge in [-0.15, -0.1) is 0 Å². The minimum absolute atomic E-state index is 0.0323. The number of benzene rings is 2. The van der Waals surface area contributed by atoms with Gasteiger partial charge in [0.2, 0.25) is 5.91 Å². The van der Waals surface area contributed by atoms with Gasteiger partial charge in [-0.25, -0.2) is 5.43 Å². The number of carbonyl (C=O) groups excluding carboxylic acids is 2. The van der Waals surface area contributed by atoms with Crippen molar-refractivity contribution >= 4 is 28.9 Å². The lowest BCUT2D eigenvalue weighted by Gasteiger charge is -2.24. The zero-order chi connectivity index (χ0) is 21.0. The molecule has 0 aromatic heterocycles. The predicted molar refractivity (Wildman–Crippen MR) is 110 cm³/mol. The van der Waals surface area contributed by atoms with E-state index in [4.69, 9.17) is 0 Å². The Morgan fingerprint density at radius 1 is 1.14 bits per heavy atom. The van der Waals surface area contributed by atoms with Crippen LogP contribution in [0.4, 0.5) is 11.4 Å². The molecule has 150 valence electrons. The molecule has 0 atom stereocenters. The monoisotopic (exact) mass is 394 g/mol. The van der Waals surface area contributed by atoms with E-state index in [0.717, 1.165) is 24.8 Å². The Kier molecular flexibility index (Phi) is 6.01. The molecule has 1 aliphatic rings. The van der Waals surface area contributed by atoms with Crippen LogP contribution in [-0.4, -0.2) is 22.4 Å². The van der Waals surface area contributed by atoms with E-state index in [-0.39, 0.29) is 23.1 Å². The molecule has 1 fully saturated rings. The number of anilines is 1. The summed E-state index contributed by atoms with van der Waals surface area (Å²) in [4.78, 5) is 34.8. The molecule has 3 rings (SSSR count). The summed E-state index contributed by atoms with van der Waals surface area (Å²) in [6, 6.07) is 11.4. The van der Waals surface area contributed by atoms with Crippen molar-refractivity contribution in [1.29, 1.82) is 0 Å². The summed E-state index contributed by atoms with van der Waals surface area (Å²) < 4.78 is 0. The smallest absolute Gasteiger partial charge is 0.272 e. The minimum atomic E-state index is -0.490. The fourth-order valence-corrected chi connectivity index (χ4v) is 3.00. The molecule has 0 bridgehead atoms. The Hall–Kier alpha value is -3.55. The van der Waals surface area contributed by atoms with E-state index in [1.807, 2.05) is 18.2 Å². The number of aryl methyl sites for hydroxylation is 1. The maximum atomic E-state index is 12.3. The molecule has 2 aromatic rings. The third-order valence-corrected chi connectivity index (χ3v) is 5.00. The van der Waals surface area contributed by atoms with Gasteiger partial charge >= 0.3 is 0 Å². The second-order valence-corrected chi connectivity index (χ2v) is 7.09. The summed E-state index contributed by atoms with van der Waals surface area (Å²) in [5.41, 5.74) is 5.12. The molecule has 0 radical (unpaired) electrons. The highest BCUT2D eigenvalue weighted by Crippen LogP contribution is 2.27. The van der Waals surface area contributed by atoms with Crippen molar-refractivity contribution in [2.24, 2.45) is 11.0 Å². The van der Waals surface area contributed by atoms with Gasteiger partial charge in [0.15, 0.2) is 0 Å². The van der Waals surface area contributed by atoms with Crippen LogP contribution in [0.15, 0.2) is 47.6 Å². The number of carbonyl (C=O) groups is 2. The lowest BCUT2D eigenvalue weighted by atomic mass is 9.85. The van der Waals surface area contributed by atoms with Crippen molar-refractivity contribution < 1.29 is 14.5 Å². The molecule has 1 aliphatic carbocycles. The van der Waals surface area contributed by atoms with Gasteiger partial charge in [-0.1, -0.05) is 18.6 Å². The largest absolute Gasteiger partial charge is 0.326 e. The van der Waals surface area contributed by atoms with Crippen LogP contribution in [-0.2, 0) is 4.79 Å². The Morgan fingerprint density at radius 3 is 2.52 bits per heavy atom. The van der Waals surface area contributed by atoms with Crippen molar-refractivity contribution in [1.82, 2.24) is 5.43 Å². The summed E-state index contributed by atoms with van der Waals surface area (Å²) in [5, 5.41) is 17.9. The Labute approximate surface area is 168 Å². The summed E-state index contributed by atoms with van der Waals surface area (Å²) in [7, 11) is 0. The van der Waals surface area contributed by atoms with Gasteiger partial charge in [0, 0.05) is 28.8 Å². The minimum Gasteiger partial charge on any atom is -0.326 e. The second kappa shape index (κ2) is 8.64. The Morgan fingerprint density at radius 2 is 1.90 bits per heavy atom. The number of nitrogens with one attached hydrogen (secondary N) is 2. The molecule has 0 unspecified atom stereocenters. The fourth-order valence-electron chi connectivity index (χ4n) is 3.00. The number of amides is 2. The van der Waals surface area contributed by atoms with Crippen LogP contribution in [0, 0.1) is 23.0 Å². The fraction of sp³-hybridized carbons (Fsp3) is 0.286. The molecular formula is C21H22N4O4. The third-order valence-electron chi connectivity index (χ3n) is 5.00. The SMILES string of the molecule is C/C(=N\NC(=O)c1ccc([N+](=O)[O-])c(C)c1)c1cccc(NC(=O)C2CCC2)c1. The van der Waals surface area contributed by atoms with Crippen LogP contribution >= 0.6 is 0 Å². The molecule has 2 aromatic carbocycles. The van der Waals surface area contributed by atoms with Gasteiger partial charge in [0.05, 0.1) is 10.6 Å². The first-order valence-corrected chi connectivity index (χ1v) is 9.36. The van der Waals surface area contributed by atoms with E-state index in [2.05, 4.69) is 15.8 Å². The standard InChI is InChI=1S/C21H22N4O4/c1-13-11-17(9-10-19(13)25(28)29)21(27)24-23-14(2)16-7-4-8-18(12-16)22-20(26)15-5-3-6-15/h4,7-12,15H,3,5-6H2,1-2H3,(H,22,26)(H,24,27)/b23-14+. The molecular weight excluding hydrogens is 372 g/mol. The number of hydrazone groups is 1. The quantitative estimate of drug-likeness (QED) is 0.441. The van der Waals surface area contributed by atoms with Crippen LogP contribution in [0.5, 0.6) is 0 Å². The van der Waals surface area contributed by atoms with E-state index in [0.29, 0.717) is 17.0 Å². The summed E-state index contributed by atoms with van der Waals surface area (Å²) >= 11 is 0. The first-order chi connectivity index (χ1) is 13.8. The number of hydrogen-bond donors (Lipinski definition) is 2. The molecule has 2 N–H and O–H groups in total. The topological polar surface area (TPSA) is 114 Å². The average molecular weight is 394 g/mol. The first kappa shape index (κ1) is 20.2. The molecule has 0 heterocycles. The van der Waals surface area contributed by atoms with Gasteiger partial charge in [-0.05, 0) is 56.5 Å². The van der Waals surface area contributed by atoms with Crippen molar-refractivity contribution in [2.75, 3.05) is 5.32 Å². The Bertz CT molecular complexity index is 996. The molecule has 1 saturated carbocycles. The molecule has 8 heteroatoms. The van der Waals surface area contributed by atoms with Crippen molar-refractivity contribution in [3.63, 3.8) is 0 Å². The van der Waals surface area contributed by atoms with Crippen LogP contribution in [0.3, 0.4) is 0 Å². The Balaban J connectivity index is 1.67. The average Bonchev–Trinajstić information content (AvgIpc) is 2.64. The number of nitro groups is 1. The number of nitro benzene ring substituents is 1. The van der Waals surface area contributed by atoms with Gasteiger partial charge in [0.25, 0.3) is 11.6 Å². The third kappa shape index (κ3) is 4.84. The van der Waals surface area contributed by atoms with E-state index in [1.165, 1.54) is 18.2 Å². The van der Waals surface area contributed by atoms with Gasteiger partial charge in [-0.2, -0.15) is 5.10 Å². The van der Waals surface area contributed by atoms with Crippen molar-refractivity contribution in [3.8, 4) is 0 Å². The van der Waals surface area contributed by atoms with Crippen LogP contribution in [0.2, 0.25) is 0 Å². The molecule has 2 amide bonds. The zero-order valence-corrected chi connectivity index (χ0v) is 16.3. The maximum Gasteiger partial charge on any atom is 0.272 e. The molecule has 0 aliphatic heterocycles. The van der Waals surface area contributed by atoms with E-state index in [9.17, 15) is 19.7 Å². The maximum absolute atomic E-state index is 12.3. The number of rotatable bonds is 6. The highest BCUT2D eigenvalue weighted by atomic mass is 16.6. The highest BCUT2D eigenvalue weighted by Gasteiger charge is 2.25. The van der Waals surface area contributed by atoms with Crippen LogP contribution < -0.4 is 10.7 Å². The van der Waals surface area contributed by atoms with Gasteiger partial charge < -0.3 is 5.32 Å². The summed E-state index contributed by atoms with van der Waals surface area (Å²) in [6.07, 6.45) is 2.96. The van der Waals surface area contributed by atoms with Gasteiger partial charge in [-0.3, -0.25) is 19.7 Å². The lowest BCUT2D eigenvalue weighted by Crippen LogP contribution is -2.28. The lowest BCUT2D eigenvalue weighted by molar-refractivity contribution is -0.385. The van der Waals surface area contributed by atoms with Crippen LogP contribution in [0.25, 0.3) is 0 Å². The first-order valence-electron chi connectivity index (χ1n) is 9.36. The molecule has 8 nitrogen and oxygen atoms in total. The highest BCUT2D eigenvalue weighted by molar-refractivity contribution is 6.02. The second-order valence-electron chi connectivity index (χ2n) is 7.09. The van der Waals surface area contributed by atoms with E-state index >= 15 is 0 Å². The van der Waals surface area contributed by atoms with E-state index < -0.39 is 10.8 Å². The van der Waals surface area contributed by atoms with Crippen molar-refractivity contribution in [3.05, 3.63) is 69.3 Å². The van der Waals surface area contributed by atoms with E-state index in [1.54, 1.807) is 19.9 Å². The van der Waals surface area contributed by atoms with Crippen molar-refractivity contribution in [2.45, 2.75) is 33.1 Å². The van der Waals surface area contributed by atoms with Gasteiger partial charge in [0.1, 0.15) is 0 Å². The summed E-state index contributed by atoms with van der Waals surface area (Å²) in [6.45, 7) is 3.32. The predicted octanol–water partition coefficient (Wildman–Crippen LogP) is 3.80.